The van der Waals surface area contributed by atoms with Crippen LogP contribution in [0.2, 0.25) is 0 Å². The second kappa shape index (κ2) is 8.95. The Morgan fingerprint density at radius 1 is 0.310 bits per heavy atom. The number of hydrogen-bond acceptors (Lipinski definition) is 0. The van der Waals surface area contributed by atoms with Crippen LogP contribution in [-0.2, 0) is 0 Å². The maximum atomic E-state index is 2.42. The molecule has 0 bridgehead atoms. The van der Waals surface area contributed by atoms with Crippen LogP contribution in [0, 0.1) is 0 Å². The Bertz CT molecular complexity index is 2450. The van der Waals surface area contributed by atoms with E-state index in [1.165, 1.54) is 76.9 Å². The van der Waals surface area contributed by atoms with E-state index in [4.69, 9.17) is 0 Å². The van der Waals surface area contributed by atoms with Gasteiger partial charge < -0.3 is 9.13 Å². The average Bonchev–Trinajstić information content (AvgIpc) is 3.57. The summed E-state index contributed by atoms with van der Waals surface area (Å²) < 4.78 is 4.81. The molecule has 0 N–H and O–H groups in total. The van der Waals surface area contributed by atoms with Crippen LogP contribution in [0.25, 0.3) is 76.9 Å². The van der Waals surface area contributed by atoms with Gasteiger partial charge in [-0.05, 0) is 65.0 Å². The fourth-order valence-electron chi connectivity index (χ4n) is 6.82. The van der Waals surface area contributed by atoms with Gasteiger partial charge in [0.1, 0.15) is 0 Å². The maximum absolute atomic E-state index is 2.42. The molecule has 2 heterocycles. The summed E-state index contributed by atoms with van der Waals surface area (Å²) in [6, 6.07) is 57.2. The van der Waals surface area contributed by atoms with Gasteiger partial charge in [-0.25, -0.2) is 0 Å². The molecule has 9 rings (SSSR count). The predicted octanol–water partition coefficient (Wildman–Crippen LogP) is 10.7. The highest BCUT2D eigenvalue weighted by Gasteiger charge is 2.16. The summed E-state index contributed by atoms with van der Waals surface area (Å²) in [4.78, 5) is 0. The van der Waals surface area contributed by atoms with Gasteiger partial charge in [0, 0.05) is 32.6 Å². The zero-order valence-corrected chi connectivity index (χ0v) is 22.9. The van der Waals surface area contributed by atoms with E-state index in [1.54, 1.807) is 0 Å². The van der Waals surface area contributed by atoms with Crippen LogP contribution in [0.5, 0.6) is 0 Å². The van der Waals surface area contributed by atoms with E-state index in [1.807, 2.05) is 0 Å². The Morgan fingerprint density at radius 3 is 1.71 bits per heavy atom. The van der Waals surface area contributed by atoms with Crippen LogP contribution in [0.3, 0.4) is 0 Å². The van der Waals surface area contributed by atoms with Gasteiger partial charge in [-0.1, -0.05) is 109 Å². The third-order valence-corrected chi connectivity index (χ3v) is 8.70. The molecule has 196 valence electrons. The number of rotatable bonds is 3. The molecule has 0 saturated carbocycles. The van der Waals surface area contributed by atoms with Crippen LogP contribution in [0.1, 0.15) is 0 Å². The maximum Gasteiger partial charge on any atom is 0.0547 e. The molecule has 0 fully saturated rings. The zero-order valence-electron chi connectivity index (χ0n) is 22.9. The summed E-state index contributed by atoms with van der Waals surface area (Å²) in [5, 5.41) is 7.58. The minimum absolute atomic E-state index is 1.18. The highest BCUT2D eigenvalue weighted by atomic mass is 15.0. The van der Waals surface area contributed by atoms with E-state index in [2.05, 4.69) is 167 Å². The summed E-state index contributed by atoms with van der Waals surface area (Å²) in [6.07, 6.45) is 0. The molecule has 0 spiro atoms. The van der Waals surface area contributed by atoms with Gasteiger partial charge >= 0.3 is 0 Å². The first-order valence-electron chi connectivity index (χ1n) is 14.5. The third kappa shape index (κ3) is 3.33. The van der Waals surface area contributed by atoms with Gasteiger partial charge in [0.25, 0.3) is 0 Å². The van der Waals surface area contributed by atoms with Gasteiger partial charge in [0.15, 0.2) is 0 Å². The molecule has 2 aromatic heterocycles. The third-order valence-electron chi connectivity index (χ3n) is 8.70. The minimum atomic E-state index is 1.18. The normalized spacial score (nSPS) is 11.8. The number of benzene rings is 7. The van der Waals surface area contributed by atoms with Crippen LogP contribution < -0.4 is 0 Å². The predicted molar refractivity (Wildman–Crippen MR) is 178 cm³/mol. The fraction of sp³-hybridized carbons (Fsp3) is 0. The lowest BCUT2D eigenvalue weighted by atomic mass is 10.0. The van der Waals surface area contributed by atoms with Crippen molar-refractivity contribution in [1.29, 1.82) is 0 Å². The molecule has 0 atom stereocenters. The second-order valence-corrected chi connectivity index (χ2v) is 11.0. The summed E-state index contributed by atoms with van der Waals surface area (Å²) in [7, 11) is 0. The summed E-state index contributed by atoms with van der Waals surface area (Å²) >= 11 is 0. The van der Waals surface area contributed by atoms with E-state index >= 15 is 0 Å². The van der Waals surface area contributed by atoms with E-state index < -0.39 is 0 Å². The van der Waals surface area contributed by atoms with Crippen LogP contribution in [0.4, 0.5) is 0 Å². The van der Waals surface area contributed by atoms with Crippen molar-refractivity contribution >= 4 is 54.4 Å². The van der Waals surface area contributed by atoms with Crippen molar-refractivity contribution in [2.45, 2.75) is 0 Å². The number of nitrogens with zero attached hydrogens (tertiary/aromatic N) is 2. The van der Waals surface area contributed by atoms with Gasteiger partial charge in [-0.3, -0.25) is 0 Å². The number of para-hydroxylation sites is 3. The smallest absolute Gasteiger partial charge is 0.0547 e. The van der Waals surface area contributed by atoms with Crippen LogP contribution in [-0.4, -0.2) is 9.13 Å². The Balaban J connectivity index is 1.30. The summed E-state index contributed by atoms with van der Waals surface area (Å²) in [5.41, 5.74) is 9.70. The summed E-state index contributed by atoms with van der Waals surface area (Å²) in [5.74, 6) is 0. The highest BCUT2D eigenvalue weighted by Crippen LogP contribution is 2.39. The molecule has 42 heavy (non-hydrogen) atoms. The Kier molecular flexibility index (Phi) is 4.93. The van der Waals surface area contributed by atoms with E-state index in [-0.39, 0.29) is 0 Å². The molecule has 0 aliphatic heterocycles. The molecule has 2 heteroatoms. The van der Waals surface area contributed by atoms with Crippen molar-refractivity contribution in [2.75, 3.05) is 0 Å². The molecule has 0 aliphatic rings. The standard InChI is InChI=1S/C40H26N2/c1-2-13-30(14-3-1)41-37-18-8-6-16-32(37)34-23-21-29(26-40(34)41)28-22-24-39-35(25-28)33-17-7-9-19-38(33)42(39)36-20-10-12-27-11-4-5-15-31(27)36/h1-26H. The molecular weight excluding hydrogens is 508 g/mol. The zero-order chi connectivity index (χ0) is 27.6. The van der Waals surface area contributed by atoms with E-state index in [0.717, 1.165) is 0 Å². The first-order valence-corrected chi connectivity index (χ1v) is 14.5. The second-order valence-electron chi connectivity index (χ2n) is 11.0. The Labute approximate surface area is 243 Å². The molecule has 0 aliphatic carbocycles. The van der Waals surface area contributed by atoms with Gasteiger partial charge in [0.2, 0.25) is 0 Å². The lowest BCUT2D eigenvalue weighted by Gasteiger charge is -2.12. The van der Waals surface area contributed by atoms with Crippen molar-refractivity contribution in [1.82, 2.24) is 9.13 Å². The molecule has 2 nitrogen and oxygen atoms in total. The minimum Gasteiger partial charge on any atom is -0.309 e. The highest BCUT2D eigenvalue weighted by molar-refractivity contribution is 6.13. The summed E-state index contributed by atoms with van der Waals surface area (Å²) in [6.45, 7) is 0. The first-order chi connectivity index (χ1) is 20.8. The van der Waals surface area contributed by atoms with Gasteiger partial charge in [0.05, 0.1) is 27.8 Å². The Hall–Kier alpha value is -5.60. The van der Waals surface area contributed by atoms with Crippen molar-refractivity contribution in [3.8, 4) is 22.5 Å². The Morgan fingerprint density at radius 2 is 0.881 bits per heavy atom. The average molecular weight is 535 g/mol. The molecule has 9 aromatic rings. The number of fused-ring (bicyclic) bond motifs is 7. The topological polar surface area (TPSA) is 9.86 Å². The van der Waals surface area contributed by atoms with Crippen LogP contribution >= 0.6 is 0 Å². The van der Waals surface area contributed by atoms with E-state index in [0.29, 0.717) is 0 Å². The fourth-order valence-corrected chi connectivity index (χ4v) is 6.82. The molecule has 0 saturated heterocycles. The van der Waals surface area contributed by atoms with Crippen molar-refractivity contribution < 1.29 is 0 Å². The van der Waals surface area contributed by atoms with Gasteiger partial charge in [-0.2, -0.15) is 0 Å². The first kappa shape index (κ1) is 23.1. The quantitative estimate of drug-likeness (QED) is 0.213. The molecule has 7 aromatic carbocycles. The number of aromatic nitrogens is 2. The van der Waals surface area contributed by atoms with Crippen molar-refractivity contribution in [3.63, 3.8) is 0 Å². The lowest BCUT2D eigenvalue weighted by Crippen LogP contribution is -1.95. The van der Waals surface area contributed by atoms with Gasteiger partial charge in [-0.15, -0.1) is 0 Å². The molecular formula is C40H26N2. The van der Waals surface area contributed by atoms with Crippen molar-refractivity contribution in [3.05, 3.63) is 158 Å². The molecule has 0 amide bonds. The van der Waals surface area contributed by atoms with E-state index in [9.17, 15) is 0 Å². The molecule has 0 radical (unpaired) electrons. The molecule has 0 unspecified atom stereocenters. The number of hydrogen-bond donors (Lipinski definition) is 0. The van der Waals surface area contributed by atoms with Crippen molar-refractivity contribution in [2.24, 2.45) is 0 Å². The lowest BCUT2D eigenvalue weighted by molar-refractivity contribution is 1.18. The largest absolute Gasteiger partial charge is 0.309 e. The van der Waals surface area contributed by atoms with Crippen LogP contribution in [0.15, 0.2) is 158 Å². The monoisotopic (exact) mass is 534 g/mol. The SMILES string of the molecule is c1ccc(-n2c3ccccc3c3ccc(-c4ccc5c(c4)c4ccccc4n5-c4cccc5ccccc45)cc32)cc1.